The first-order chi connectivity index (χ1) is 25.8. The summed E-state index contributed by atoms with van der Waals surface area (Å²) < 4.78 is 13.1. The van der Waals surface area contributed by atoms with Gasteiger partial charge in [0.2, 0.25) is 0 Å². The zero-order valence-electron chi connectivity index (χ0n) is 27.9. The molecule has 0 bridgehead atoms. The van der Waals surface area contributed by atoms with E-state index in [1.54, 1.807) is 0 Å². The maximum atomic E-state index is 6.80. The lowest BCUT2D eigenvalue weighted by Crippen LogP contribution is -2.33. The van der Waals surface area contributed by atoms with E-state index in [4.69, 9.17) is 18.8 Å². The number of amidine groups is 2. The van der Waals surface area contributed by atoms with E-state index in [-0.39, 0.29) is 0 Å². The maximum Gasteiger partial charge on any atom is 0.160 e. The van der Waals surface area contributed by atoms with E-state index in [9.17, 15) is 0 Å². The Morgan fingerprint density at radius 3 is 2.06 bits per heavy atom. The predicted octanol–water partition coefficient (Wildman–Crippen LogP) is 12.0. The van der Waals surface area contributed by atoms with Gasteiger partial charge in [0.1, 0.15) is 34.3 Å². The van der Waals surface area contributed by atoms with E-state index in [2.05, 4.69) is 121 Å². The van der Waals surface area contributed by atoms with Gasteiger partial charge in [-0.1, -0.05) is 140 Å². The van der Waals surface area contributed by atoms with Crippen LogP contribution in [0.3, 0.4) is 0 Å². The number of rotatable bonds is 4. The van der Waals surface area contributed by atoms with Gasteiger partial charge in [-0.05, 0) is 51.4 Å². The normalized spacial score (nSPS) is 14.7. The molecule has 2 aromatic heterocycles. The maximum absolute atomic E-state index is 6.80. The van der Waals surface area contributed by atoms with Gasteiger partial charge < -0.3 is 14.2 Å². The first-order valence-electron chi connectivity index (χ1n) is 17.5. The Bertz CT molecular complexity index is 3110. The zero-order chi connectivity index (χ0) is 34.2. The average molecular weight is 668 g/mol. The molecule has 0 aliphatic carbocycles. The summed E-state index contributed by atoms with van der Waals surface area (Å²) in [6.45, 7) is 0. The lowest BCUT2D eigenvalue weighted by Gasteiger charge is -2.24. The van der Waals surface area contributed by atoms with Crippen LogP contribution in [0.2, 0.25) is 0 Å². The molecule has 0 radical (unpaired) electrons. The van der Waals surface area contributed by atoms with Crippen LogP contribution in [0.25, 0.3) is 76.5 Å². The topological polar surface area (TPSA) is 63.0 Å². The molecule has 11 rings (SSSR count). The fraction of sp³-hybridized carbons (Fsp3) is 0.0213. The highest BCUT2D eigenvalue weighted by atomic mass is 16.3. The van der Waals surface area contributed by atoms with Gasteiger partial charge >= 0.3 is 0 Å². The van der Waals surface area contributed by atoms with Gasteiger partial charge in [-0.25, -0.2) is 9.98 Å². The van der Waals surface area contributed by atoms with Crippen LogP contribution in [0.5, 0.6) is 0 Å². The summed E-state index contributed by atoms with van der Waals surface area (Å²) in [5, 5.41) is 12.7. The minimum Gasteiger partial charge on any atom is -0.456 e. The van der Waals surface area contributed by atoms with Crippen LogP contribution >= 0.6 is 0 Å². The summed E-state index contributed by atoms with van der Waals surface area (Å²) in [5.74, 6) is 1.40. The molecule has 0 fully saturated rings. The van der Waals surface area contributed by atoms with Crippen LogP contribution in [-0.4, -0.2) is 11.7 Å². The van der Waals surface area contributed by atoms with Crippen LogP contribution in [0.15, 0.2) is 183 Å². The Balaban J connectivity index is 1.11. The molecule has 0 saturated heterocycles. The summed E-state index contributed by atoms with van der Waals surface area (Å²) >= 11 is 0. The molecule has 1 N–H and O–H groups in total. The summed E-state index contributed by atoms with van der Waals surface area (Å²) in [5.41, 5.74) is 8.43. The predicted molar refractivity (Wildman–Crippen MR) is 213 cm³/mol. The molecular formula is C47H29N3O2. The quantitative estimate of drug-likeness (QED) is 0.190. The fourth-order valence-corrected chi connectivity index (χ4v) is 7.92. The van der Waals surface area contributed by atoms with Crippen LogP contribution < -0.4 is 5.32 Å². The van der Waals surface area contributed by atoms with Crippen LogP contribution in [0.4, 0.5) is 0 Å². The van der Waals surface area contributed by atoms with Crippen molar-refractivity contribution in [1.29, 1.82) is 0 Å². The summed E-state index contributed by atoms with van der Waals surface area (Å²) in [6.07, 6.45) is -0.395. The van der Waals surface area contributed by atoms with Crippen molar-refractivity contribution >= 4 is 77.1 Å². The lowest BCUT2D eigenvalue weighted by atomic mass is 9.92. The van der Waals surface area contributed by atoms with Gasteiger partial charge in [0.25, 0.3) is 0 Å². The Labute approximate surface area is 298 Å². The second kappa shape index (κ2) is 11.3. The van der Waals surface area contributed by atoms with Crippen LogP contribution in [-0.2, 0) is 0 Å². The number of aliphatic imine (C=N–C) groups is 2. The van der Waals surface area contributed by atoms with E-state index >= 15 is 0 Å². The third-order valence-electron chi connectivity index (χ3n) is 10.3. The summed E-state index contributed by atoms with van der Waals surface area (Å²) in [7, 11) is 0. The van der Waals surface area contributed by atoms with E-state index in [1.807, 2.05) is 48.5 Å². The molecule has 1 unspecified atom stereocenters. The fourth-order valence-electron chi connectivity index (χ4n) is 7.92. The van der Waals surface area contributed by atoms with Gasteiger partial charge in [-0.15, -0.1) is 0 Å². The summed E-state index contributed by atoms with van der Waals surface area (Å²) in [6, 6.07) is 56.8. The largest absolute Gasteiger partial charge is 0.456 e. The van der Waals surface area contributed by atoms with Gasteiger partial charge in [-0.3, -0.25) is 0 Å². The SMILES string of the molecule is c1ccc(C2=NC(c3cccc4oc5c(-c6cc7ccccc7c7ccccc67)cccc5c34)=NC(c3ccc4c(c3)oc3ccccc34)N2)cc1. The molecule has 0 saturated carbocycles. The van der Waals surface area contributed by atoms with Crippen molar-refractivity contribution in [2.75, 3.05) is 0 Å². The second-order valence-corrected chi connectivity index (χ2v) is 13.3. The van der Waals surface area contributed by atoms with Crippen molar-refractivity contribution in [3.8, 4) is 11.1 Å². The molecule has 8 aromatic carbocycles. The van der Waals surface area contributed by atoms with Gasteiger partial charge in [0.15, 0.2) is 5.84 Å². The Morgan fingerprint density at radius 2 is 1.15 bits per heavy atom. The first-order valence-corrected chi connectivity index (χ1v) is 17.5. The number of fused-ring (bicyclic) bond motifs is 9. The molecule has 5 heteroatoms. The van der Waals surface area contributed by atoms with Gasteiger partial charge in [0.05, 0.1) is 0 Å². The molecule has 3 heterocycles. The molecule has 0 amide bonds. The van der Waals surface area contributed by atoms with Gasteiger partial charge in [-0.2, -0.15) is 0 Å². The molecular weight excluding hydrogens is 639 g/mol. The third-order valence-corrected chi connectivity index (χ3v) is 10.3. The Hall–Kier alpha value is -6.98. The highest BCUT2D eigenvalue weighted by Crippen LogP contribution is 2.42. The van der Waals surface area contributed by atoms with Crippen molar-refractivity contribution in [2.45, 2.75) is 6.17 Å². The number of para-hydroxylation sites is 2. The number of nitrogens with zero attached hydrogens (tertiary/aromatic N) is 2. The minimum absolute atomic E-state index is 0.395. The van der Waals surface area contributed by atoms with Crippen molar-refractivity contribution in [2.24, 2.45) is 9.98 Å². The first kappa shape index (κ1) is 28.8. The monoisotopic (exact) mass is 667 g/mol. The molecule has 244 valence electrons. The summed E-state index contributed by atoms with van der Waals surface area (Å²) in [4.78, 5) is 10.5. The molecule has 0 spiro atoms. The average Bonchev–Trinajstić information content (AvgIpc) is 3.79. The number of furan rings is 2. The van der Waals surface area contributed by atoms with E-state index < -0.39 is 6.17 Å². The van der Waals surface area contributed by atoms with Crippen molar-refractivity contribution in [3.05, 3.63) is 180 Å². The zero-order valence-corrected chi connectivity index (χ0v) is 27.9. The highest BCUT2D eigenvalue weighted by Gasteiger charge is 2.25. The molecule has 10 aromatic rings. The molecule has 5 nitrogen and oxygen atoms in total. The smallest absolute Gasteiger partial charge is 0.160 e. The highest BCUT2D eigenvalue weighted by molar-refractivity contribution is 6.24. The van der Waals surface area contributed by atoms with Crippen molar-refractivity contribution < 1.29 is 8.83 Å². The molecule has 1 aliphatic rings. The number of benzene rings is 8. The van der Waals surface area contributed by atoms with Gasteiger partial charge in [0, 0.05) is 43.8 Å². The van der Waals surface area contributed by atoms with E-state index in [0.29, 0.717) is 5.84 Å². The number of hydrogen-bond acceptors (Lipinski definition) is 5. The van der Waals surface area contributed by atoms with Crippen LogP contribution in [0.1, 0.15) is 22.9 Å². The van der Waals surface area contributed by atoms with Crippen LogP contribution in [0, 0.1) is 0 Å². The number of nitrogens with one attached hydrogen (secondary N) is 1. The minimum atomic E-state index is -0.395. The molecule has 1 atom stereocenters. The Morgan fingerprint density at radius 1 is 0.462 bits per heavy atom. The third kappa shape index (κ3) is 4.42. The van der Waals surface area contributed by atoms with Crippen molar-refractivity contribution in [1.82, 2.24) is 5.32 Å². The Kier molecular flexibility index (Phi) is 6.25. The van der Waals surface area contributed by atoms with E-state index in [0.717, 1.165) is 77.5 Å². The van der Waals surface area contributed by atoms with E-state index in [1.165, 1.54) is 21.5 Å². The molecule has 1 aliphatic heterocycles. The lowest BCUT2D eigenvalue weighted by molar-refractivity contribution is 0.655. The standard InChI is InChI=1S/C47H29N3O2/c1-2-12-28(13-3-1)45-48-46(30-24-25-35-34-18-8-9-22-40(34)51-42(35)27-30)50-47(49-45)38-21-11-23-41-43(38)37-20-10-19-36(44(37)52-41)39-26-29-14-4-5-15-31(29)32-16-6-7-17-33(32)39/h1-27,46H,(H,48,49,50). The number of hydrogen-bond donors (Lipinski definition) is 1. The molecule has 52 heavy (non-hydrogen) atoms. The second-order valence-electron chi connectivity index (χ2n) is 13.3. The van der Waals surface area contributed by atoms with Crippen molar-refractivity contribution in [3.63, 3.8) is 0 Å².